The second-order valence-corrected chi connectivity index (χ2v) is 7.76. The Kier molecular flexibility index (Phi) is 6.41. The molecule has 1 fully saturated rings. The summed E-state index contributed by atoms with van der Waals surface area (Å²) in [7, 11) is 0. The molecule has 1 aliphatic rings. The Balaban J connectivity index is 2.06. The van der Waals surface area contributed by atoms with Crippen LogP contribution in [0.5, 0.6) is 0 Å². The van der Waals surface area contributed by atoms with E-state index in [9.17, 15) is 14.4 Å². The van der Waals surface area contributed by atoms with Crippen molar-refractivity contribution < 1.29 is 23.9 Å². The Bertz CT molecular complexity index is 951. The van der Waals surface area contributed by atoms with Gasteiger partial charge in [-0.1, -0.05) is 29.8 Å². The molecule has 0 aliphatic carbocycles. The monoisotopic (exact) mass is 412 g/mol. The number of hydrogen-bond acceptors (Lipinski definition) is 5. The number of amides is 1. The number of Topliss-reactive ketones (excluding diaryl/α,β-unsaturated/α-hetero) is 1. The van der Waals surface area contributed by atoms with Crippen LogP contribution < -0.4 is 0 Å². The molecule has 1 aliphatic heterocycles. The number of benzene rings is 1. The van der Waals surface area contributed by atoms with E-state index in [4.69, 9.17) is 9.47 Å². The van der Waals surface area contributed by atoms with Gasteiger partial charge in [-0.2, -0.15) is 0 Å². The second kappa shape index (κ2) is 8.83. The first kappa shape index (κ1) is 21.8. The summed E-state index contributed by atoms with van der Waals surface area (Å²) in [6.45, 7) is 10.0. The molecular formula is C23H28N2O5. The van der Waals surface area contributed by atoms with Crippen molar-refractivity contribution in [2.45, 2.75) is 46.8 Å². The number of aryl methyl sites for hydroxylation is 2. The molecule has 3 rings (SSSR count). The van der Waals surface area contributed by atoms with Gasteiger partial charge >= 0.3 is 5.97 Å². The highest BCUT2D eigenvalue weighted by Gasteiger charge is 2.34. The largest absolute Gasteiger partial charge is 0.462 e. The van der Waals surface area contributed by atoms with Crippen molar-refractivity contribution in [2.24, 2.45) is 0 Å². The van der Waals surface area contributed by atoms with Gasteiger partial charge in [0.2, 0.25) is 0 Å². The van der Waals surface area contributed by atoms with Gasteiger partial charge < -0.3 is 19.4 Å². The molecule has 0 radical (unpaired) electrons. The van der Waals surface area contributed by atoms with Crippen LogP contribution >= 0.6 is 0 Å². The molecule has 0 bridgehead atoms. The molecule has 2 atom stereocenters. The van der Waals surface area contributed by atoms with E-state index in [1.165, 1.54) is 4.90 Å². The summed E-state index contributed by atoms with van der Waals surface area (Å²) in [5.74, 6) is -1.81. The first-order valence-electron chi connectivity index (χ1n) is 10.2. The second-order valence-electron chi connectivity index (χ2n) is 7.76. The molecule has 1 aromatic carbocycles. The van der Waals surface area contributed by atoms with Gasteiger partial charge in [0.25, 0.3) is 11.7 Å². The third-order valence-electron chi connectivity index (χ3n) is 5.14. The predicted molar refractivity (Wildman–Crippen MR) is 113 cm³/mol. The maximum Gasteiger partial charge on any atom is 0.340 e. The number of aromatic amines is 1. The minimum atomic E-state index is -0.675. The molecule has 0 unspecified atom stereocenters. The number of ether oxygens (including phenoxy) is 2. The zero-order valence-electron chi connectivity index (χ0n) is 18.1. The van der Waals surface area contributed by atoms with E-state index in [-0.39, 0.29) is 30.1 Å². The summed E-state index contributed by atoms with van der Waals surface area (Å²) in [6.07, 6.45) is -0.301. The van der Waals surface area contributed by atoms with Crippen LogP contribution in [0.4, 0.5) is 0 Å². The van der Waals surface area contributed by atoms with Crippen molar-refractivity contribution in [2.75, 3.05) is 19.7 Å². The lowest BCUT2D eigenvalue weighted by Crippen LogP contribution is -2.50. The number of hydrogen-bond donors (Lipinski definition) is 1. The predicted octanol–water partition coefficient (Wildman–Crippen LogP) is 3.29. The number of aromatic nitrogens is 1. The van der Waals surface area contributed by atoms with E-state index in [1.54, 1.807) is 13.8 Å². The Hall–Kier alpha value is -2.93. The molecule has 2 aromatic rings. The van der Waals surface area contributed by atoms with Gasteiger partial charge in [-0.3, -0.25) is 9.59 Å². The molecule has 7 nitrogen and oxygen atoms in total. The minimum Gasteiger partial charge on any atom is -0.462 e. The lowest BCUT2D eigenvalue weighted by atomic mass is 9.97. The van der Waals surface area contributed by atoms with E-state index < -0.39 is 17.7 Å². The third-order valence-corrected chi connectivity index (χ3v) is 5.14. The van der Waals surface area contributed by atoms with Crippen LogP contribution in [0.3, 0.4) is 0 Å². The number of ketones is 1. The third kappa shape index (κ3) is 4.31. The molecular weight excluding hydrogens is 384 g/mol. The number of nitrogens with one attached hydrogen (secondary N) is 1. The Morgan fingerprint density at radius 1 is 1.10 bits per heavy atom. The Labute approximate surface area is 176 Å². The molecule has 7 heteroatoms. The fourth-order valence-corrected chi connectivity index (χ4v) is 3.86. The zero-order valence-corrected chi connectivity index (χ0v) is 18.1. The number of nitrogens with zero attached hydrogens (tertiary/aromatic N) is 1. The number of rotatable bonds is 5. The standard InChI is InChI=1S/C23H28N2O5/c1-6-29-23(28)18-16(5)24-20(19(18)17-9-7-13(2)8-10-17)21(26)22(27)25-11-14(3)30-15(4)12-25/h7-10,14-15,24H,6,11-12H2,1-5H3/t14-,15+. The Morgan fingerprint density at radius 2 is 1.70 bits per heavy atom. The smallest absolute Gasteiger partial charge is 0.340 e. The molecule has 160 valence electrons. The van der Waals surface area contributed by atoms with Crippen LogP contribution in [0.25, 0.3) is 11.1 Å². The van der Waals surface area contributed by atoms with Crippen molar-refractivity contribution in [1.29, 1.82) is 0 Å². The highest BCUT2D eigenvalue weighted by atomic mass is 16.5. The lowest BCUT2D eigenvalue weighted by molar-refractivity contribution is -0.138. The minimum absolute atomic E-state index is 0.108. The van der Waals surface area contributed by atoms with Gasteiger partial charge in [0, 0.05) is 24.3 Å². The topological polar surface area (TPSA) is 88.7 Å². The normalized spacial score (nSPS) is 18.9. The van der Waals surface area contributed by atoms with Crippen molar-refractivity contribution >= 4 is 17.7 Å². The summed E-state index contributed by atoms with van der Waals surface area (Å²) in [5.41, 5.74) is 3.00. The molecule has 1 aromatic heterocycles. The van der Waals surface area contributed by atoms with Crippen molar-refractivity contribution in [3.05, 3.63) is 46.8 Å². The van der Waals surface area contributed by atoms with E-state index in [2.05, 4.69) is 4.98 Å². The van der Waals surface area contributed by atoms with Crippen LogP contribution in [-0.2, 0) is 14.3 Å². The summed E-state index contributed by atoms with van der Waals surface area (Å²) >= 11 is 0. The average Bonchev–Trinajstić information content (AvgIpc) is 3.04. The molecule has 1 N–H and O–H groups in total. The van der Waals surface area contributed by atoms with Crippen molar-refractivity contribution in [3.8, 4) is 11.1 Å². The first-order valence-corrected chi connectivity index (χ1v) is 10.2. The van der Waals surface area contributed by atoms with E-state index in [0.717, 1.165) is 5.56 Å². The number of esters is 1. The Morgan fingerprint density at radius 3 is 2.27 bits per heavy atom. The summed E-state index contributed by atoms with van der Waals surface area (Å²) in [6, 6.07) is 7.46. The number of carbonyl (C=O) groups excluding carboxylic acids is 3. The number of H-pyrrole nitrogens is 1. The maximum atomic E-state index is 13.2. The summed E-state index contributed by atoms with van der Waals surface area (Å²) in [4.78, 5) is 43.4. The molecule has 1 saturated heterocycles. The van der Waals surface area contributed by atoms with Crippen LogP contribution in [0.2, 0.25) is 0 Å². The van der Waals surface area contributed by atoms with E-state index >= 15 is 0 Å². The first-order chi connectivity index (χ1) is 14.2. The van der Waals surface area contributed by atoms with Gasteiger partial charge in [-0.25, -0.2) is 4.79 Å². The van der Waals surface area contributed by atoms with Crippen molar-refractivity contribution in [1.82, 2.24) is 9.88 Å². The fourth-order valence-electron chi connectivity index (χ4n) is 3.86. The van der Waals surface area contributed by atoms with Gasteiger partial charge in [0.05, 0.1) is 24.4 Å². The van der Waals surface area contributed by atoms with Gasteiger partial charge in [-0.05, 0) is 40.2 Å². The van der Waals surface area contributed by atoms with E-state index in [1.807, 2.05) is 45.0 Å². The highest BCUT2D eigenvalue weighted by molar-refractivity contribution is 6.43. The molecule has 1 amide bonds. The SMILES string of the molecule is CCOC(=O)c1c(C)[nH]c(C(=O)C(=O)N2C[C@@H](C)O[C@@H](C)C2)c1-c1ccc(C)cc1. The fraction of sp³-hybridized carbons (Fsp3) is 0.435. The average molecular weight is 412 g/mol. The summed E-state index contributed by atoms with van der Waals surface area (Å²) in [5, 5.41) is 0. The highest BCUT2D eigenvalue weighted by Crippen LogP contribution is 2.32. The van der Waals surface area contributed by atoms with Gasteiger partial charge in [0.1, 0.15) is 5.69 Å². The lowest BCUT2D eigenvalue weighted by Gasteiger charge is -2.34. The number of carbonyl (C=O) groups is 3. The van der Waals surface area contributed by atoms with E-state index in [0.29, 0.717) is 29.9 Å². The zero-order chi connectivity index (χ0) is 22.0. The van der Waals surface area contributed by atoms with Crippen LogP contribution in [0.1, 0.15) is 52.9 Å². The van der Waals surface area contributed by atoms with Crippen LogP contribution in [0.15, 0.2) is 24.3 Å². The number of morpholine rings is 1. The summed E-state index contributed by atoms with van der Waals surface area (Å²) < 4.78 is 10.9. The van der Waals surface area contributed by atoms with Crippen molar-refractivity contribution in [3.63, 3.8) is 0 Å². The van der Waals surface area contributed by atoms with Crippen LogP contribution in [0, 0.1) is 13.8 Å². The molecule has 2 heterocycles. The maximum absolute atomic E-state index is 13.2. The molecule has 0 saturated carbocycles. The van der Waals surface area contributed by atoms with Gasteiger partial charge in [-0.15, -0.1) is 0 Å². The quantitative estimate of drug-likeness (QED) is 0.462. The van der Waals surface area contributed by atoms with Gasteiger partial charge in [0.15, 0.2) is 0 Å². The molecule has 0 spiro atoms. The molecule has 30 heavy (non-hydrogen) atoms. The van der Waals surface area contributed by atoms with Crippen LogP contribution in [-0.4, -0.2) is 59.4 Å².